The zero-order chi connectivity index (χ0) is 17.2. The van der Waals surface area contributed by atoms with Crippen LogP contribution in [-0.2, 0) is 9.16 Å². The van der Waals surface area contributed by atoms with Crippen LogP contribution >= 0.6 is 0 Å². The lowest BCUT2D eigenvalue weighted by Gasteiger charge is -2.44. The van der Waals surface area contributed by atoms with Crippen molar-refractivity contribution in [3.8, 4) is 0 Å². The first-order valence-corrected chi connectivity index (χ1v) is 10.7. The highest BCUT2D eigenvalue weighted by Gasteiger charge is 2.51. The predicted octanol–water partition coefficient (Wildman–Crippen LogP) is 3.74. The monoisotopic (exact) mass is 340 g/mol. The third kappa shape index (κ3) is 3.21. The van der Waals surface area contributed by atoms with E-state index in [2.05, 4.69) is 88.4 Å². The molecule has 2 nitrogen and oxygen atoms in total. The summed E-state index contributed by atoms with van der Waals surface area (Å²) in [6.07, 6.45) is 1.43. The second-order valence-corrected chi connectivity index (χ2v) is 12.0. The van der Waals surface area contributed by atoms with Gasteiger partial charge in [0, 0.05) is 6.42 Å². The minimum atomic E-state index is -2.42. The fraction of sp³-hybridized carbons (Fsp3) is 0.429. The van der Waals surface area contributed by atoms with Crippen molar-refractivity contribution < 1.29 is 9.16 Å². The van der Waals surface area contributed by atoms with Crippen molar-refractivity contribution in [1.29, 1.82) is 0 Å². The molecule has 2 aromatic rings. The van der Waals surface area contributed by atoms with Crippen molar-refractivity contribution in [2.45, 2.75) is 51.4 Å². The zero-order valence-electron chi connectivity index (χ0n) is 15.2. The van der Waals surface area contributed by atoms with E-state index in [9.17, 15) is 0 Å². The molecule has 128 valence electrons. The Morgan fingerprint density at radius 3 is 1.79 bits per heavy atom. The summed E-state index contributed by atoms with van der Waals surface area (Å²) in [5.74, 6) is 0. The van der Waals surface area contributed by atoms with Gasteiger partial charge in [0.15, 0.2) is 0 Å². The minimum Gasteiger partial charge on any atom is -0.402 e. The zero-order valence-corrected chi connectivity index (χ0v) is 16.2. The molecule has 1 heterocycles. The Labute approximate surface area is 146 Å². The molecule has 3 rings (SSSR count). The molecule has 1 aliphatic heterocycles. The molecule has 1 unspecified atom stereocenters. The molecule has 3 heteroatoms. The number of hydrogen-bond donors (Lipinski definition) is 0. The first-order valence-electron chi connectivity index (χ1n) is 8.84. The molecule has 2 aromatic carbocycles. The molecule has 0 spiro atoms. The van der Waals surface area contributed by atoms with Crippen LogP contribution in [0, 0.1) is 0 Å². The molecule has 0 saturated carbocycles. The third-order valence-corrected chi connectivity index (χ3v) is 10.0. The molecule has 2 atom stereocenters. The Morgan fingerprint density at radius 2 is 1.42 bits per heavy atom. The molecule has 1 fully saturated rings. The summed E-state index contributed by atoms with van der Waals surface area (Å²) in [6, 6.07) is 21.6. The van der Waals surface area contributed by atoms with Gasteiger partial charge >= 0.3 is 0 Å². The van der Waals surface area contributed by atoms with Crippen LogP contribution in [0.5, 0.6) is 0 Å². The fourth-order valence-corrected chi connectivity index (χ4v) is 8.48. The van der Waals surface area contributed by atoms with Gasteiger partial charge < -0.3 is 9.16 Å². The van der Waals surface area contributed by atoms with Gasteiger partial charge in [-0.15, -0.1) is 0 Å². The summed E-state index contributed by atoms with van der Waals surface area (Å²) in [4.78, 5) is 0. The van der Waals surface area contributed by atoms with Crippen molar-refractivity contribution in [3.63, 3.8) is 0 Å². The van der Waals surface area contributed by atoms with Gasteiger partial charge in [0.1, 0.15) is 0 Å². The lowest BCUT2D eigenvalue weighted by Crippen LogP contribution is -2.67. The SMILES string of the molecule is CC1C[C@H](O[Si](c2ccccc2)(c2ccccc2)C(C)(C)C)CO1. The topological polar surface area (TPSA) is 18.5 Å². The van der Waals surface area contributed by atoms with E-state index in [1.54, 1.807) is 0 Å². The average molecular weight is 341 g/mol. The van der Waals surface area contributed by atoms with E-state index in [0.29, 0.717) is 6.61 Å². The number of ether oxygens (including phenoxy) is 1. The standard InChI is InChI=1S/C21H28O2Si/c1-17-15-18(16-22-17)23-24(21(2,3)4,19-11-7-5-8-12-19)20-13-9-6-10-14-20/h5-14,17-18H,15-16H2,1-4H3/t17?,18-/m0/s1. The first-order chi connectivity index (χ1) is 11.4. The smallest absolute Gasteiger partial charge is 0.261 e. The van der Waals surface area contributed by atoms with Crippen LogP contribution in [0.1, 0.15) is 34.1 Å². The Hall–Kier alpha value is -1.42. The third-order valence-electron chi connectivity index (χ3n) is 4.92. The second kappa shape index (κ2) is 6.83. The van der Waals surface area contributed by atoms with Crippen molar-refractivity contribution in [1.82, 2.24) is 0 Å². The summed E-state index contributed by atoms with van der Waals surface area (Å²) < 4.78 is 12.8. The normalized spacial score (nSPS) is 21.8. The van der Waals surface area contributed by atoms with Crippen molar-refractivity contribution in [2.75, 3.05) is 6.61 Å². The summed E-state index contributed by atoms with van der Waals surface area (Å²) in [6.45, 7) is 9.79. The Bertz CT molecular complexity index is 609. The van der Waals surface area contributed by atoms with E-state index >= 15 is 0 Å². The molecular weight excluding hydrogens is 312 g/mol. The lowest BCUT2D eigenvalue weighted by atomic mass is 10.2. The van der Waals surface area contributed by atoms with Gasteiger partial charge in [0.05, 0.1) is 18.8 Å². The molecule has 24 heavy (non-hydrogen) atoms. The fourth-order valence-electron chi connectivity index (χ4n) is 3.80. The number of benzene rings is 2. The van der Waals surface area contributed by atoms with Gasteiger partial charge in [-0.2, -0.15) is 0 Å². The Balaban J connectivity index is 2.14. The molecule has 0 bridgehead atoms. The van der Waals surface area contributed by atoms with Crippen LogP contribution in [0.4, 0.5) is 0 Å². The van der Waals surface area contributed by atoms with Gasteiger partial charge in [-0.3, -0.25) is 0 Å². The number of rotatable bonds is 4. The van der Waals surface area contributed by atoms with Gasteiger partial charge in [-0.05, 0) is 22.3 Å². The maximum atomic E-state index is 7.02. The maximum Gasteiger partial charge on any atom is 0.261 e. The highest BCUT2D eigenvalue weighted by molar-refractivity contribution is 6.99. The van der Waals surface area contributed by atoms with Crippen LogP contribution < -0.4 is 10.4 Å². The van der Waals surface area contributed by atoms with Crippen molar-refractivity contribution in [3.05, 3.63) is 60.7 Å². The van der Waals surface area contributed by atoms with Crippen LogP contribution in [0.25, 0.3) is 0 Å². The van der Waals surface area contributed by atoms with Crippen LogP contribution in [-0.4, -0.2) is 27.1 Å². The van der Waals surface area contributed by atoms with E-state index < -0.39 is 8.32 Å². The lowest BCUT2D eigenvalue weighted by molar-refractivity contribution is 0.101. The predicted molar refractivity (Wildman–Crippen MR) is 103 cm³/mol. The van der Waals surface area contributed by atoms with Crippen LogP contribution in [0.3, 0.4) is 0 Å². The first kappa shape index (κ1) is 17.4. The minimum absolute atomic E-state index is 0.0293. The van der Waals surface area contributed by atoms with Gasteiger partial charge in [0.25, 0.3) is 8.32 Å². The molecule has 1 saturated heterocycles. The maximum absolute atomic E-state index is 7.02. The highest BCUT2D eigenvalue weighted by atomic mass is 28.4. The summed E-state index contributed by atoms with van der Waals surface area (Å²) in [5, 5.41) is 2.70. The quantitative estimate of drug-likeness (QED) is 0.790. The Morgan fingerprint density at radius 1 is 0.917 bits per heavy atom. The van der Waals surface area contributed by atoms with Crippen LogP contribution in [0.2, 0.25) is 5.04 Å². The molecule has 0 N–H and O–H groups in total. The highest BCUT2D eigenvalue weighted by Crippen LogP contribution is 2.38. The summed E-state index contributed by atoms with van der Waals surface area (Å²) in [5.41, 5.74) is 0. The molecule has 0 aromatic heterocycles. The number of hydrogen-bond acceptors (Lipinski definition) is 2. The molecule has 1 aliphatic rings. The van der Waals surface area contributed by atoms with Crippen LogP contribution in [0.15, 0.2) is 60.7 Å². The van der Waals surface area contributed by atoms with E-state index in [0.717, 1.165) is 6.42 Å². The van der Waals surface area contributed by atoms with Gasteiger partial charge in [-0.1, -0.05) is 81.4 Å². The van der Waals surface area contributed by atoms with Crippen molar-refractivity contribution >= 4 is 18.7 Å². The summed E-state index contributed by atoms with van der Waals surface area (Å²) >= 11 is 0. The molecule has 0 aliphatic carbocycles. The summed E-state index contributed by atoms with van der Waals surface area (Å²) in [7, 11) is -2.42. The molecule has 0 amide bonds. The van der Waals surface area contributed by atoms with Crippen molar-refractivity contribution in [2.24, 2.45) is 0 Å². The largest absolute Gasteiger partial charge is 0.402 e. The molecular formula is C21H28O2Si. The van der Waals surface area contributed by atoms with Gasteiger partial charge in [-0.25, -0.2) is 0 Å². The second-order valence-electron chi connectivity index (χ2n) is 7.78. The molecule has 0 radical (unpaired) electrons. The van der Waals surface area contributed by atoms with E-state index in [-0.39, 0.29) is 17.2 Å². The average Bonchev–Trinajstić information content (AvgIpc) is 2.98. The van der Waals surface area contributed by atoms with E-state index in [1.807, 2.05) is 0 Å². The van der Waals surface area contributed by atoms with E-state index in [4.69, 9.17) is 9.16 Å². The van der Waals surface area contributed by atoms with Gasteiger partial charge in [0.2, 0.25) is 0 Å². The van der Waals surface area contributed by atoms with E-state index in [1.165, 1.54) is 10.4 Å². The Kier molecular flexibility index (Phi) is 4.95.